The molecule has 0 spiro atoms. The fourth-order valence-electron chi connectivity index (χ4n) is 3.88. The van der Waals surface area contributed by atoms with E-state index in [-0.39, 0.29) is 11.5 Å². The second kappa shape index (κ2) is 9.20. The molecular weight excluding hydrogens is 370 g/mol. The zero-order chi connectivity index (χ0) is 21.0. The average Bonchev–Trinajstić information content (AvgIpc) is 2.73. The molecule has 0 radical (unpaired) electrons. The van der Waals surface area contributed by atoms with Crippen molar-refractivity contribution in [1.82, 2.24) is 14.9 Å². The lowest BCUT2D eigenvalue weighted by Gasteiger charge is -2.22. The number of aryl methyl sites for hydroxylation is 2. The maximum atomic E-state index is 12.5. The van der Waals surface area contributed by atoms with Gasteiger partial charge in [0.15, 0.2) is 6.10 Å². The molecule has 29 heavy (non-hydrogen) atoms. The van der Waals surface area contributed by atoms with Gasteiger partial charge in [-0.3, -0.25) is 9.59 Å². The van der Waals surface area contributed by atoms with Crippen LogP contribution in [0.1, 0.15) is 62.0 Å². The fourth-order valence-corrected chi connectivity index (χ4v) is 3.88. The molecule has 1 fully saturated rings. The molecule has 1 aromatic heterocycles. The number of hydrogen-bond acceptors (Lipinski definition) is 5. The van der Waals surface area contributed by atoms with Gasteiger partial charge in [-0.15, -0.1) is 0 Å². The zero-order valence-electron chi connectivity index (χ0n) is 17.4. The van der Waals surface area contributed by atoms with Crippen LogP contribution < -0.4 is 10.9 Å². The van der Waals surface area contributed by atoms with Gasteiger partial charge in [0.2, 0.25) is 0 Å². The lowest BCUT2D eigenvalue weighted by molar-refractivity contribution is -0.129. The maximum absolute atomic E-state index is 12.5. The van der Waals surface area contributed by atoms with Gasteiger partial charge in [-0.05, 0) is 57.7 Å². The van der Waals surface area contributed by atoms with Crippen LogP contribution in [0.25, 0.3) is 11.0 Å². The molecule has 1 heterocycles. The topological polar surface area (TPSA) is 90.3 Å². The third-order valence-corrected chi connectivity index (χ3v) is 5.60. The molecule has 1 atom stereocenters. The van der Waals surface area contributed by atoms with Gasteiger partial charge in [-0.25, -0.2) is 9.78 Å². The lowest BCUT2D eigenvalue weighted by Crippen LogP contribution is -2.38. The number of rotatable bonds is 6. The summed E-state index contributed by atoms with van der Waals surface area (Å²) in [7, 11) is 0. The van der Waals surface area contributed by atoms with E-state index in [2.05, 4.69) is 10.3 Å². The lowest BCUT2D eigenvalue weighted by atomic mass is 9.89. The largest absolute Gasteiger partial charge is 0.449 e. The van der Waals surface area contributed by atoms with Crippen molar-refractivity contribution >= 4 is 22.9 Å². The predicted molar refractivity (Wildman–Crippen MR) is 111 cm³/mol. The second-order valence-corrected chi connectivity index (χ2v) is 7.75. The minimum Gasteiger partial charge on any atom is -0.449 e. The number of benzene rings is 1. The monoisotopic (exact) mass is 399 g/mol. The summed E-state index contributed by atoms with van der Waals surface area (Å²) in [6, 6.07) is 4.89. The molecular formula is C22H29N3O4. The van der Waals surface area contributed by atoms with Crippen molar-refractivity contribution in [3.05, 3.63) is 39.8 Å². The van der Waals surface area contributed by atoms with Crippen molar-refractivity contribution in [1.29, 1.82) is 0 Å². The van der Waals surface area contributed by atoms with Crippen LogP contribution in [0.3, 0.4) is 0 Å². The summed E-state index contributed by atoms with van der Waals surface area (Å²) in [6.07, 6.45) is 5.11. The molecule has 7 nitrogen and oxygen atoms in total. The van der Waals surface area contributed by atoms with Gasteiger partial charge in [-0.2, -0.15) is 0 Å². The van der Waals surface area contributed by atoms with E-state index in [0.717, 1.165) is 12.8 Å². The Balaban J connectivity index is 1.66. The highest BCUT2D eigenvalue weighted by molar-refractivity contribution is 5.95. The Morgan fingerprint density at radius 1 is 1.28 bits per heavy atom. The quantitative estimate of drug-likeness (QED) is 0.754. The van der Waals surface area contributed by atoms with E-state index in [1.165, 1.54) is 19.3 Å². The van der Waals surface area contributed by atoms with Crippen LogP contribution in [0.2, 0.25) is 0 Å². The Morgan fingerprint density at radius 3 is 2.69 bits per heavy atom. The first-order chi connectivity index (χ1) is 13.9. The molecule has 3 rings (SSSR count). The Labute approximate surface area is 170 Å². The summed E-state index contributed by atoms with van der Waals surface area (Å²) in [5, 5.41) is 2.90. The minimum absolute atomic E-state index is 0.140. The van der Waals surface area contributed by atoms with Crippen LogP contribution in [0, 0.1) is 12.8 Å². The smallest absolute Gasteiger partial charge is 0.338 e. The van der Waals surface area contributed by atoms with Crippen molar-refractivity contribution < 1.29 is 14.3 Å². The number of nitrogens with zero attached hydrogens (tertiary/aromatic N) is 2. The molecule has 0 bridgehead atoms. The number of carbonyl (C=O) groups is 2. The number of fused-ring (bicyclic) bond motifs is 1. The Hall–Kier alpha value is -2.70. The third kappa shape index (κ3) is 4.83. The van der Waals surface area contributed by atoms with Crippen molar-refractivity contribution in [3.63, 3.8) is 0 Å². The van der Waals surface area contributed by atoms with Gasteiger partial charge < -0.3 is 14.6 Å². The summed E-state index contributed by atoms with van der Waals surface area (Å²) in [5.41, 5.74) is 1.75. The molecule has 0 saturated heterocycles. The van der Waals surface area contributed by atoms with Crippen molar-refractivity contribution in [3.8, 4) is 0 Å². The molecule has 7 heteroatoms. The van der Waals surface area contributed by atoms with Crippen LogP contribution in [-0.2, 0) is 16.1 Å². The Kier molecular flexibility index (Phi) is 6.67. The Morgan fingerprint density at radius 2 is 2.00 bits per heavy atom. The highest BCUT2D eigenvalue weighted by Crippen LogP contribution is 2.22. The molecule has 1 amide bonds. The van der Waals surface area contributed by atoms with Crippen LogP contribution in [0.15, 0.2) is 23.0 Å². The average molecular weight is 399 g/mol. The van der Waals surface area contributed by atoms with Gasteiger partial charge in [0, 0.05) is 13.1 Å². The molecule has 1 saturated carbocycles. The zero-order valence-corrected chi connectivity index (χ0v) is 17.4. The number of amides is 1. The van der Waals surface area contributed by atoms with E-state index in [0.29, 0.717) is 41.3 Å². The first kappa shape index (κ1) is 21.0. The van der Waals surface area contributed by atoms with E-state index in [1.807, 2.05) is 6.92 Å². The standard InChI is InChI=1S/C22H29N3O4/c1-4-25-19-11-10-17(12-18(19)24-14(2)21(25)27)22(28)29-15(3)20(26)23-13-16-8-6-5-7-9-16/h10-12,15-16H,4-9,13H2,1-3H3,(H,23,26)/t15-/m0/s1. The first-order valence-corrected chi connectivity index (χ1v) is 10.4. The summed E-state index contributed by atoms with van der Waals surface area (Å²) >= 11 is 0. The number of ether oxygens (including phenoxy) is 1. The highest BCUT2D eigenvalue weighted by Gasteiger charge is 2.21. The van der Waals surface area contributed by atoms with Crippen LogP contribution in [0.5, 0.6) is 0 Å². The third-order valence-electron chi connectivity index (χ3n) is 5.60. The van der Waals surface area contributed by atoms with Crippen LogP contribution in [-0.4, -0.2) is 34.1 Å². The molecule has 1 N–H and O–H groups in total. The van der Waals surface area contributed by atoms with E-state index in [9.17, 15) is 14.4 Å². The van der Waals surface area contributed by atoms with E-state index < -0.39 is 12.1 Å². The summed E-state index contributed by atoms with van der Waals surface area (Å²) in [6.45, 7) is 6.26. The molecule has 1 aliphatic rings. The number of esters is 1. The molecule has 2 aromatic rings. The highest BCUT2D eigenvalue weighted by atomic mass is 16.5. The minimum atomic E-state index is -0.874. The van der Waals surface area contributed by atoms with Gasteiger partial charge in [-0.1, -0.05) is 19.3 Å². The summed E-state index contributed by atoms with van der Waals surface area (Å²) in [4.78, 5) is 41.3. The molecule has 1 aromatic carbocycles. The van der Waals surface area contributed by atoms with Crippen LogP contribution in [0.4, 0.5) is 0 Å². The van der Waals surface area contributed by atoms with Crippen LogP contribution >= 0.6 is 0 Å². The van der Waals surface area contributed by atoms with Gasteiger partial charge >= 0.3 is 5.97 Å². The first-order valence-electron chi connectivity index (χ1n) is 10.4. The Bertz CT molecular complexity index is 960. The number of aromatic nitrogens is 2. The normalized spacial score (nSPS) is 15.8. The summed E-state index contributed by atoms with van der Waals surface area (Å²) in [5.74, 6) is -0.346. The van der Waals surface area contributed by atoms with E-state index in [1.54, 1.807) is 36.6 Å². The van der Waals surface area contributed by atoms with E-state index >= 15 is 0 Å². The van der Waals surface area contributed by atoms with Gasteiger partial charge in [0.25, 0.3) is 11.5 Å². The predicted octanol–water partition coefficient (Wildman–Crippen LogP) is 2.97. The number of nitrogens with one attached hydrogen (secondary N) is 1. The van der Waals surface area contributed by atoms with Crippen molar-refractivity contribution in [2.24, 2.45) is 5.92 Å². The SMILES string of the molecule is CCn1c(=O)c(C)nc2cc(C(=O)O[C@@H](C)C(=O)NCC3CCCCC3)ccc21. The fraction of sp³-hybridized carbons (Fsp3) is 0.545. The molecule has 156 valence electrons. The maximum Gasteiger partial charge on any atom is 0.338 e. The molecule has 0 aliphatic heterocycles. The van der Waals surface area contributed by atoms with E-state index in [4.69, 9.17) is 4.74 Å². The van der Waals surface area contributed by atoms with Crippen molar-refractivity contribution in [2.45, 2.75) is 65.5 Å². The van der Waals surface area contributed by atoms with Gasteiger partial charge in [0.05, 0.1) is 16.6 Å². The summed E-state index contributed by atoms with van der Waals surface area (Å²) < 4.78 is 6.97. The number of hydrogen-bond donors (Lipinski definition) is 1. The molecule has 0 unspecified atom stereocenters. The number of carbonyl (C=O) groups excluding carboxylic acids is 2. The molecule has 1 aliphatic carbocycles. The second-order valence-electron chi connectivity index (χ2n) is 7.75. The van der Waals surface area contributed by atoms with Crippen molar-refractivity contribution in [2.75, 3.05) is 6.54 Å². The van der Waals surface area contributed by atoms with Gasteiger partial charge in [0.1, 0.15) is 5.69 Å².